The van der Waals surface area contributed by atoms with Crippen molar-refractivity contribution in [2.75, 3.05) is 7.11 Å². The Kier molecular flexibility index (Phi) is 5.06. The number of rotatable bonds is 5. The summed E-state index contributed by atoms with van der Waals surface area (Å²) in [5, 5.41) is 0. The summed E-state index contributed by atoms with van der Waals surface area (Å²) in [5.41, 5.74) is 1.28. The highest BCUT2D eigenvalue weighted by atomic mass is 28.4. The standard InChI is InChI=1S/C14H19NO3Si/c1-11(18-19(3,4)5)15-10-12-7-6-8-13(9-12)14(16)17-2/h6-10H,1H2,2-5H3. The topological polar surface area (TPSA) is 47.9 Å². The van der Waals surface area contributed by atoms with Gasteiger partial charge in [0, 0.05) is 6.21 Å². The second-order valence-electron chi connectivity index (χ2n) is 4.98. The highest BCUT2D eigenvalue weighted by Gasteiger charge is 2.16. The maximum Gasteiger partial charge on any atom is 0.337 e. The third-order valence-electron chi connectivity index (χ3n) is 2.09. The Labute approximate surface area is 114 Å². The minimum Gasteiger partial charge on any atom is -0.532 e. The number of nitrogens with zero attached hydrogens (tertiary/aromatic N) is 1. The van der Waals surface area contributed by atoms with Crippen LogP contribution in [0.2, 0.25) is 19.6 Å². The predicted octanol–water partition coefficient (Wildman–Crippen LogP) is 3.21. The van der Waals surface area contributed by atoms with Crippen LogP contribution in [0.5, 0.6) is 0 Å². The zero-order valence-electron chi connectivity index (χ0n) is 11.8. The summed E-state index contributed by atoms with van der Waals surface area (Å²) in [5.74, 6) is 0.0232. The summed E-state index contributed by atoms with van der Waals surface area (Å²) in [6.07, 6.45) is 1.62. The number of aliphatic imine (C=N–C) groups is 1. The van der Waals surface area contributed by atoms with Gasteiger partial charge in [-0.05, 0) is 43.9 Å². The lowest BCUT2D eigenvalue weighted by Gasteiger charge is -2.17. The maximum absolute atomic E-state index is 11.4. The largest absolute Gasteiger partial charge is 0.532 e. The monoisotopic (exact) mass is 277 g/mol. The van der Waals surface area contributed by atoms with Gasteiger partial charge in [-0.1, -0.05) is 12.1 Å². The molecule has 1 rings (SSSR count). The van der Waals surface area contributed by atoms with Gasteiger partial charge in [-0.3, -0.25) is 0 Å². The van der Waals surface area contributed by atoms with Crippen LogP contribution in [-0.2, 0) is 9.16 Å². The van der Waals surface area contributed by atoms with Gasteiger partial charge in [0.05, 0.1) is 12.7 Å². The number of esters is 1. The average Bonchev–Trinajstić information content (AvgIpc) is 2.34. The normalized spacial score (nSPS) is 11.4. The fourth-order valence-corrected chi connectivity index (χ4v) is 2.15. The summed E-state index contributed by atoms with van der Waals surface area (Å²) < 4.78 is 10.3. The van der Waals surface area contributed by atoms with Crippen molar-refractivity contribution in [2.45, 2.75) is 19.6 Å². The molecule has 0 radical (unpaired) electrons. The lowest BCUT2D eigenvalue weighted by atomic mass is 10.1. The molecule has 0 heterocycles. The number of benzene rings is 1. The molecule has 0 aliphatic carbocycles. The van der Waals surface area contributed by atoms with Crippen molar-refractivity contribution in [3.63, 3.8) is 0 Å². The molecular weight excluding hydrogens is 258 g/mol. The SMILES string of the molecule is C=C(N=Cc1cccc(C(=O)OC)c1)O[Si](C)(C)C. The van der Waals surface area contributed by atoms with Gasteiger partial charge in [0.15, 0.2) is 5.88 Å². The van der Waals surface area contributed by atoms with E-state index in [1.807, 2.05) is 6.07 Å². The van der Waals surface area contributed by atoms with Crippen molar-refractivity contribution in [1.29, 1.82) is 0 Å². The fraction of sp³-hybridized carbons (Fsp3) is 0.286. The Balaban J connectivity index is 2.77. The van der Waals surface area contributed by atoms with E-state index in [1.54, 1.807) is 24.4 Å². The summed E-state index contributed by atoms with van der Waals surface area (Å²) in [4.78, 5) is 15.5. The van der Waals surface area contributed by atoms with Crippen LogP contribution in [0.25, 0.3) is 0 Å². The van der Waals surface area contributed by atoms with Crippen molar-refractivity contribution < 1.29 is 14.0 Å². The summed E-state index contributed by atoms with van der Waals surface area (Å²) >= 11 is 0. The third kappa shape index (κ3) is 5.52. The molecule has 0 atom stereocenters. The van der Waals surface area contributed by atoms with Crippen molar-refractivity contribution in [3.05, 3.63) is 47.9 Å². The molecule has 0 saturated carbocycles. The van der Waals surface area contributed by atoms with Gasteiger partial charge < -0.3 is 9.16 Å². The molecule has 0 spiro atoms. The van der Waals surface area contributed by atoms with Crippen LogP contribution in [0.4, 0.5) is 0 Å². The van der Waals surface area contributed by atoms with E-state index in [1.165, 1.54) is 7.11 Å². The first-order valence-electron chi connectivity index (χ1n) is 5.92. The van der Waals surface area contributed by atoms with E-state index in [9.17, 15) is 4.79 Å². The highest BCUT2D eigenvalue weighted by molar-refractivity contribution is 6.70. The van der Waals surface area contributed by atoms with Crippen LogP contribution in [-0.4, -0.2) is 27.6 Å². The number of carbonyl (C=O) groups excluding carboxylic acids is 1. The Morgan fingerprint density at radius 1 is 1.37 bits per heavy atom. The van der Waals surface area contributed by atoms with Gasteiger partial charge in [0.25, 0.3) is 0 Å². The molecule has 102 valence electrons. The number of hydrogen-bond acceptors (Lipinski definition) is 4. The second-order valence-corrected chi connectivity index (χ2v) is 9.41. The quantitative estimate of drug-likeness (QED) is 0.359. The predicted molar refractivity (Wildman–Crippen MR) is 78.9 cm³/mol. The summed E-state index contributed by atoms with van der Waals surface area (Å²) in [6, 6.07) is 7.02. The Morgan fingerprint density at radius 2 is 2.05 bits per heavy atom. The molecule has 0 aromatic heterocycles. The Bertz CT molecular complexity index is 504. The minimum atomic E-state index is -1.68. The van der Waals surface area contributed by atoms with E-state index in [4.69, 9.17) is 4.43 Å². The zero-order valence-corrected chi connectivity index (χ0v) is 12.8. The highest BCUT2D eigenvalue weighted by Crippen LogP contribution is 2.10. The summed E-state index contributed by atoms with van der Waals surface area (Å²) in [7, 11) is -0.327. The lowest BCUT2D eigenvalue weighted by Crippen LogP contribution is -2.24. The van der Waals surface area contributed by atoms with Gasteiger partial charge in [0.2, 0.25) is 8.32 Å². The van der Waals surface area contributed by atoms with Crippen molar-refractivity contribution >= 4 is 20.5 Å². The lowest BCUT2D eigenvalue weighted by molar-refractivity contribution is 0.0600. The number of ether oxygens (including phenoxy) is 1. The first kappa shape index (κ1) is 15.2. The molecular formula is C14H19NO3Si. The van der Waals surface area contributed by atoms with E-state index >= 15 is 0 Å². The van der Waals surface area contributed by atoms with E-state index in [0.717, 1.165) is 5.56 Å². The van der Waals surface area contributed by atoms with E-state index < -0.39 is 8.32 Å². The molecule has 1 aromatic rings. The maximum atomic E-state index is 11.4. The molecule has 0 N–H and O–H groups in total. The molecule has 1 aromatic carbocycles. The van der Waals surface area contributed by atoms with Crippen LogP contribution < -0.4 is 0 Å². The van der Waals surface area contributed by atoms with E-state index in [2.05, 4.69) is 35.9 Å². The molecule has 0 saturated heterocycles. The molecule has 19 heavy (non-hydrogen) atoms. The van der Waals surface area contributed by atoms with Gasteiger partial charge >= 0.3 is 5.97 Å². The van der Waals surface area contributed by atoms with Crippen LogP contribution >= 0.6 is 0 Å². The third-order valence-corrected chi connectivity index (χ3v) is 2.94. The van der Waals surface area contributed by atoms with E-state index in [0.29, 0.717) is 11.4 Å². The number of carbonyl (C=O) groups is 1. The molecule has 0 aliphatic heterocycles. The number of hydrogen-bond donors (Lipinski definition) is 0. The number of methoxy groups -OCH3 is 1. The molecule has 0 fully saturated rings. The Morgan fingerprint density at radius 3 is 2.63 bits per heavy atom. The molecule has 0 bridgehead atoms. The van der Waals surface area contributed by atoms with Gasteiger partial charge in [0.1, 0.15) is 0 Å². The Hall–Kier alpha value is -1.88. The van der Waals surface area contributed by atoms with E-state index in [-0.39, 0.29) is 5.97 Å². The molecule has 5 heteroatoms. The van der Waals surface area contributed by atoms with Crippen LogP contribution in [0.3, 0.4) is 0 Å². The molecule has 0 unspecified atom stereocenters. The molecule has 0 amide bonds. The fourth-order valence-electron chi connectivity index (χ4n) is 1.39. The van der Waals surface area contributed by atoms with Gasteiger partial charge in [-0.15, -0.1) is 0 Å². The van der Waals surface area contributed by atoms with Crippen LogP contribution in [0.1, 0.15) is 15.9 Å². The first-order valence-corrected chi connectivity index (χ1v) is 9.33. The van der Waals surface area contributed by atoms with Gasteiger partial charge in [-0.25, -0.2) is 9.79 Å². The smallest absolute Gasteiger partial charge is 0.337 e. The average molecular weight is 277 g/mol. The van der Waals surface area contributed by atoms with Crippen molar-refractivity contribution in [3.8, 4) is 0 Å². The van der Waals surface area contributed by atoms with Gasteiger partial charge in [-0.2, -0.15) is 0 Å². The van der Waals surface area contributed by atoms with Crippen LogP contribution in [0.15, 0.2) is 41.7 Å². The minimum absolute atomic E-state index is 0.368. The van der Waals surface area contributed by atoms with Crippen LogP contribution in [0, 0.1) is 0 Å². The molecule has 4 nitrogen and oxygen atoms in total. The zero-order chi connectivity index (χ0) is 14.5. The summed E-state index contributed by atoms with van der Waals surface area (Å²) in [6.45, 7) is 9.94. The van der Waals surface area contributed by atoms with Crippen molar-refractivity contribution in [2.24, 2.45) is 4.99 Å². The first-order chi connectivity index (χ1) is 8.81. The molecule has 0 aliphatic rings. The van der Waals surface area contributed by atoms with Crippen molar-refractivity contribution in [1.82, 2.24) is 0 Å². The second kappa shape index (κ2) is 6.33.